The third-order valence-corrected chi connectivity index (χ3v) is 6.79. The van der Waals surface area contributed by atoms with Gasteiger partial charge in [0.15, 0.2) is 10.8 Å². The van der Waals surface area contributed by atoms with Crippen LogP contribution < -0.4 is 21.1 Å². The number of carbonyl (C=O) groups excluding carboxylic acids is 3. The van der Waals surface area contributed by atoms with E-state index in [2.05, 4.69) is 20.6 Å². The summed E-state index contributed by atoms with van der Waals surface area (Å²) in [5, 5.41) is 5.98. The second-order valence-corrected chi connectivity index (χ2v) is 9.02. The highest BCUT2D eigenvalue weighted by Gasteiger charge is 2.27. The normalized spacial score (nSPS) is 15.6. The molecule has 0 saturated carbocycles. The van der Waals surface area contributed by atoms with Crippen LogP contribution in [0.1, 0.15) is 30.1 Å². The van der Waals surface area contributed by atoms with E-state index in [1.54, 1.807) is 38.2 Å². The molecule has 1 fully saturated rings. The highest BCUT2D eigenvalue weighted by atomic mass is 32.1. The third-order valence-electron chi connectivity index (χ3n) is 5.69. The number of benzene rings is 1. The van der Waals surface area contributed by atoms with Gasteiger partial charge in [-0.2, -0.15) is 4.98 Å². The Hall–Kier alpha value is -3.80. The van der Waals surface area contributed by atoms with Gasteiger partial charge >= 0.3 is 5.97 Å². The molecule has 0 spiro atoms. The number of fused-ring (bicyclic) bond motifs is 1. The van der Waals surface area contributed by atoms with E-state index in [1.807, 2.05) is 4.90 Å². The van der Waals surface area contributed by atoms with Crippen molar-refractivity contribution in [2.24, 2.45) is 5.92 Å². The molecule has 3 aromatic rings. The Kier molecular flexibility index (Phi) is 7.39. The van der Waals surface area contributed by atoms with Crippen molar-refractivity contribution in [1.82, 2.24) is 19.9 Å². The summed E-state index contributed by atoms with van der Waals surface area (Å²) in [6.45, 7) is 2.89. The molecule has 0 unspecified atom stereocenters. The van der Waals surface area contributed by atoms with E-state index in [0.29, 0.717) is 27.7 Å². The number of nitrogens with zero attached hydrogens (tertiary/aromatic N) is 4. The van der Waals surface area contributed by atoms with Crippen LogP contribution in [0.4, 0.5) is 10.8 Å². The number of anilines is 2. The quantitative estimate of drug-likeness (QED) is 0.469. The molecule has 1 aliphatic rings. The summed E-state index contributed by atoms with van der Waals surface area (Å²) in [5.41, 5.74) is 0.454. The molecule has 0 radical (unpaired) electrons. The van der Waals surface area contributed by atoms with E-state index < -0.39 is 11.9 Å². The highest BCUT2D eigenvalue weighted by molar-refractivity contribution is 7.22. The van der Waals surface area contributed by atoms with Gasteiger partial charge in [0.25, 0.3) is 5.56 Å². The fourth-order valence-electron chi connectivity index (χ4n) is 3.98. The van der Waals surface area contributed by atoms with E-state index in [1.165, 1.54) is 22.2 Å². The molecule has 12 heteroatoms. The van der Waals surface area contributed by atoms with Gasteiger partial charge in [0.05, 0.1) is 23.8 Å². The van der Waals surface area contributed by atoms with E-state index in [4.69, 9.17) is 4.74 Å². The second kappa shape index (κ2) is 10.6. The van der Waals surface area contributed by atoms with Gasteiger partial charge in [-0.15, -0.1) is 0 Å². The molecular weight excluding hydrogens is 472 g/mol. The van der Waals surface area contributed by atoms with Gasteiger partial charge in [0.1, 0.15) is 17.6 Å². The van der Waals surface area contributed by atoms with Crippen molar-refractivity contribution < 1.29 is 19.1 Å². The standard InChI is InChI=1S/C23H26N6O5S/c1-3-34-22(33)15-8-4-5-9-16(15)26-17(30)12-29-13-25-19-18(21(29)32)35-23(27-19)28-10-6-7-14(11-28)20(31)24-2/h4-5,8-9,13-14H,3,6-7,10-12H2,1-2H3,(H,24,31)(H,26,30)/t14-/m1/s1. The molecule has 1 atom stereocenters. The molecular formula is C23H26N6O5S. The SMILES string of the molecule is CCOC(=O)c1ccccc1NC(=O)Cn1cnc2nc(N3CCC[C@@H](C(=O)NC)C3)sc2c1=O. The summed E-state index contributed by atoms with van der Waals surface area (Å²) >= 11 is 1.20. The number of nitrogens with one attached hydrogen (secondary N) is 2. The summed E-state index contributed by atoms with van der Waals surface area (Å²) in [4.78, 5) is 60.7. The summed E-state index contributed by atoms with van der Waals surface area (Å²) in [6.07, 6.45) is 2.94. The molecule has 1 saturated heterocycles. The molecule has 0 bridgehead atoms. The van der Waals surface area contributed by atoms with Crippen molar-refractivity contribution in [2.45, 2.75) is 26.3 Å². The van der Waals surface area contributed by atoms with Gasteiger partial charge in [-0.3, -0.25) is 19.0 Å². The summed E-state index contributed by atoms with van der Waals surface area (Å²) in [6, 6.07) is 6.51. The number of ether oxygens (including phenoxy) is 1. The Morgan fingerprint density at radius 2 is 2.06 bits per heavy atom. The fraction of sp³-hybridized carbons (Fsp3) is 0.391. The topological polar surface area (TPSA) is 136 Å². The number of carbonyl (C=O) groups is 3. The van der Waals surface area contributed by atoms with Gasteiger partial charge in [0.2, 0.25) is 11.8 Å². The number of para-hydroxylation sites is 1. The van der Waals surface area contributed by atoms with Crippen molar-refractivity contribution >= 4 is 50.3 Å². The number of piperidine rings is 1. The van der Waals surface area contributed by atoms with E-state index >= 15 is 0 Å². The number of rotatable bonds is 7. The lowest BCUT2D eigenvalue weighted by molar-refractivity contribution is -0.124. The first-order valence-corrected chi connectivity index (χ1v) is 12.1. The van der Waals surface area contributed by atoms with Crippen LogP contribution in [0, 0.1) is 5.92 Å². The van der Waals surface area contributed by atoms with Crippen molar-refractivity contribution in [1.29, 1.82) is 0 Å². The van der Waals surface area contributed by atoms with Crippen LogP contribution in [-0.4, -0.2) is 59.1 Å². The summed E-state index contributed by atoms with van der Waals surface area (Å²) < 4.78 is 6.57. The Bertz CT molecular complexity index is 1320. The van der Waals surface area contributed by atoms with Gasteiger partial charge in [-0.25, -0.2) is 9.78 Å². The van der Waals surface area contributed by atoms with E-state index in [9.17, 15) is 19.2 Å². The fourth-order valence-corrected chi connectivity index (χ4v) is 4.98. The van der Waals surface area contributed by atoms with Crippen molar-refractivity contribution in [3.8, 4) is 0 Å². The Morgan fingerprint density at radius 3 is 2.83 bits per heavy atom. The van der Waals surface area contributed by atoms with E-state index in [0.717, 1.165) is 19.4 Å². The first kappa shape index (κ1) is 24.3. The minimum atomic E-state index is -0.544. The minimum absolute atomic E-state index is 0.00756. The number of aromatic nitrogens is 3. The Morgan fingerprint density at radius 1 is 1.26 bits per heavy atom. The average Bonchev–Trinajstić information content (AvgIpc) is 3.31. The number of esters is 1. The molecule has 2 amide bonds. The molecule has 2 aromatic heterocycles. The monoisotopic (exact) mass is 498 g/mol. The molecule has 4 rings (SSSR count). The van der Waals surface area contributed by atoms with Gasteiger partial charge in [-0.1, -0.05) is 23.5 Å². The average molecular weight is 499 g/mol. The molecule has 2 N–H and O–H groups in total. The van der Waals surface area contributed by atoms with Gasteiger partial charge in [-0.05, 0) is 31.9 Å². The lowest BCUT2D eigenvalue weighted by Gasteiger charge is -2.31. The molecule has 3 heterocycles. The highest BCUT2D eigenvalue weighted by Crippen LogP contribution is 2.29. The van der Waals surface area contributed by atoms with Gasteiger partial charge < -0.3 is 20.3 Å². The maximum Gasteiger partial charge on any atom is 0.340 e. The zero-order chi connectivity index (χ0) is 24.9. The predicted molar refractivity (Wildman–Crippen MR) is 132 cm³/mol. The largest absolute Gasteiger partial charge is 0.462 e. The maximum absolute atomic E-state index is 13.0. The van der Waals surface area contributed by atoms with Crippen molar-refractivity contribution in [2.75, 3.05) is 37.0 Å². The van der Waals surface area contributed by atoms with Crippen LogP contribution in [0.15, 0.2) is 35.4 Å². The Labute approximate surface area is 205 Å². The van der Waals surface area contributed by atoms with Crippen molar-refractivity contribution in [3.63, 3.8) is 0 Å². The lowest BCUT2D eigenvalue weighted by Crippen LogP contribution is -2.42. The van der Waals surface area contributed by atoms with Crippen LogP contribution in [0.3, 0.4) is 0 Å². The lowest BCUT2D eigenvalue weighted by atomic mass is 9.98. The van der Waals surface area contributed by atoms with Crippen LogP contribution in [0.25, 0.3) is 10.3 Å². The molecule has 184 valence electrons. The molecule has 1 aromatic carbocycles. The molecule has 11 nitrogen and oxygen atoms in total. The van der Waals surface area contributed by atoms with E-state index in [-0.39, 0.29) is 36.1 Å². The second-order valence-electron chi connectivity index (χ2n) is 8.04. The predicted octanol–water partition coefficient (Wildman–Crippen LogP) is 1.63. The van der Waals surface area contributed by atoms with Crippen LogP contribution in [0.5, 0.6) is 0 Å². The summed E-state index contributed by atoms with van der Waals surface area (Å²) in [7, 11) is 1.62. The first-order chi connectivity index (χ1) is 16.9. The number of thiazole rings is 1. The van der Waals surface area contributed by atoms with Gasteiger partial charge in [0, 0.05) is 20.1 Å². The summed E-state index contributed by atoms with van der Waals surface area (Å²) in [5.74, 6) is -1.17. The molecule has 35 heavy (non-hydrogen) atoms. The third kappa shape index (κ3) is 5.32. The first-order valence-electron chi connectivity index (χ1n) is 11.3. The zero-order valence-corrected chi connectivity index (χ0v) is 20.3. The number of hydrogen-bond donors (Lipinski definition) is 2. The Balaban J connectivity index is 1.51. The van der Waals surface area contributed by atoms with Crippen molar-refractivity contribution in [3.05, 3.63) is 46.5 Å². The number of hydrogen-bond acceptors (Lipinski definition) is 9. The van der Waals surface area contributed by atoms with Crippen LogP contribution in [-0.2, 0) is 20.9 Å². The molecule has 0 aliphatic carbocycles. The van der Waals surface area contributed by atoms with Crippen LogP contribution >= 0.6 is 11.3 Å². The smallest absolute Gasteiger partial charge is 0.340 e. The maximum atomic E-state index is 13.0. The van der Waals surface area contributed by atoms with Crippen LogP contribution in [0.2, 0.25) is 0 Å². The zero-order valence-electron chi connectivity index (χ0n) is 19.4. The molecule has 1 aliphatic heterocycles. The minimum Gasteiger partial charge on any atom is -0.462 e. The number of amides is 2.